The van der Waals surface area contributed by atoms with Gasteiger partial charge in [0.25, 0.3) is 0 Å². The van der Waals surface area contributed by atoms with Gasteiger partial charge in [-0.1, -0.05) is 109 Å². The van der Waals surface area contributed by atoms with Gasteiger partial charge in [-0.05, 0) is 78.6 Å². The molecule has 0 amide bonds. The predicted octanol–water partition coefficient (Wildman–Crippen LogP) is 7.51. The normalized spacial score (nSPS) is 13.7. The maximum atomic E-state index is 2.49. The summed E-state index contributed by atoms with van der Waals surface area (Å²) in [5.74, 6) is 0. The van der Waals surface area contributed by atoms with E-state index in [2.05, 4.69) is 123 Å². The van der Waals surface area contributed by atoms with E-state index in [0.717, 1.165) is 12.8 Å². The van der Waals surface area contributed by atoms with Crippen LogP contribution in [0, 0.1) is 13.8 Å². The quantitative estimate of drug-likeness (QED) is 0.277. The molecule has 0 heterocycles. The van der Waals surface area contributed by atoms with Crippen LogP contribution < -0.4 is 10.6 Å². The molecule has 0 unspecified atom stereocenters. The fraction of sp³-hybridized carbons (Fsp3) is 0.161. The number of aryl methyl sites for hydroxylation is 2. The Hall–Kier alpha value is -2.95. The highest BCUT2D eigenvalue weighted by atomic mass is 31.1. The lowest BCUT2D eigenvalue weighted by Gasteiger charge is -2.30. The van der Waals surface area contributed by atoms with E-state index in [-0.39, 0.29) is 0 Å². The van der Waals surface area contributed by atoms with Gasteiger partial charge >= 0.3 is 0 Å². The summed E-state index contributed by atoms with van der Waals surface area (Å²) >= 11 is 0. The topological polar surface area (TPSA) is 0 Å². The molecule has 1 heteroatoms. The van der Waals surface area contributed by atoms with Crippen molar-refractivity contribution in [3.63, 3.8) is 0 Å². The molecule has 0 bridgehead atoms. The Morgan fingerprint density at radius 2 is 1.19 bits per heavy atom. The Morgan fingerprint density at radius 1 is 0.656 bits per heavy atom. The van der Waals surface area contributed by atoms with Gasteiger partial charge in [0.05, 0.1) is 0 Å². The fourth-order valence-corrected chi connectivity index (χ4v) is 7.87. The van der Waals surface area contributed by atoms with Crippen molar-refractivity contribution in [2.24, 2.45) is 0 Å². The first-order valence-electron chi connectivity index (χ1n) is 11.4. The van der Waals surface area contributed by atoms with Gasteiger partial charge < -0.3 is 0 Å². The Morgan fingerprint density at radius 3 is 1.78 bits per heavy atom. The van der Waals surface area contributed by atoms with Gasteiger partial charge in [0, 0.05) is 5.66 Å². The average Bonchev–Trinajstić information content (AvgIpc) is 3.28. The van der Waals surface area contributed by atoms with E-state index in [1.807, 2.05) is 0 Å². The van der Waals surface area contributed by atoms with Gasteiger partial charge in [0.2, 0.25) is 0 Å². The van der Waals surface area contributed by atoms with Gasteiger partial charge in [0.1, 0.15) is 0 Å². The van der Waals surface area contributed by atoms with E-state index < -0.39 is 7.92 Å². The van der Waals surface area contributed by atoms with Gasteiger partial charge in [-0.25, -0.2) is 0 Å². The molecule has 0 nitrogen and oxygen atoms in total. The number of hydrogen-bond donors (Lipinski definition) is 0. The predicted molar refractivity (Wildman–Crippen MR) is 140 cm³/mol. The van der Waals surface area contributed by atoms with E-state index in [9.17, 15) is 0 Å². The second-order valence-corrected chi connectivity index (χ2v) is 11.1. The number of rotatable bonds is 6. The number of hydrogen-bond acceptors (Lipinski definition) is 0. The monoisotopic (exact) mass is 432 g/mol. The summed E-state index contributed by atoms with van der Waals surface area (Å²) in [6.07, 6.45) is 4.62. The van der Waals surface area contributed by atoms with Gasteiger partial charge in [-0.3, -0.25) is 0 Å². The van der Waals surface area contributed by atoms with Crippen LogP contribution in [0.15, 0.2) is 109 Å². The zero-order chi connectivity index (χ0) is 21.9. The van der Waals surface area contributed by atoms with E-state index in [4.69, 9.17) is 0 Å². The molecule has 0 fully saturated rings. The molecule has 0 saturated carbocycles. The number of fused-ring (bicyclic) bond motifs is 1. The van der Waals surface area contributed by atoms with E-state index in [1.54, 1.807) is 0 Å². The van der Waals surface area contributed by atoms with E-state index in [0.29, 0.717) is 5.66 Å². The summed E-state index contributed by atoms with van der Waals surface area (Å²) in [5.41, 5.74) is 9.23. The van der Waals surface area contributed by atoms with Crippen molar-refractivity contribution in [1.29, 1.82) is 0 Å². The second kappa shape index (κ2) is 9.27. The largest absolute Gasteiger partial charge is 0.0762 e. The van der Waals surface area contributed by atoms with Crippen LogP contribution in [0.1, 0.15) is 39.9 Å². The Labute approximate surface area is 193 Å². The molecular weight excluding hydrogens is 403 g/mol. The van der Waals surface area contributed by atoms with Gasteiger partial charge in [-0.15, -0.1) is 0 Å². The highest BCUT2D eigenvalue weighted by molar-refractivity contribution is 7.73. The van der Waals surface area contributed by atoms with Gasteiger partial charge in [-0.2, -0.15) is 0 Å². The maximum Gasteiger partial charge on any atom is 0.0162 e. The minimum absolute atomic E-state index is 0.424. The Balaban J connectivity index is 1.63. The molecule has 5 rings (SSSR count). The molecular formula is C31H29P. The third kappa shape index (κ3) is 4.08. The minimum Gasteiger partial charge on any atom is -0.0762 e. The summed E-state index contributed by atoms with van der Waals surface area (Å²) in [4.78, 5) is 0. The number of benzene rings is 4. The van der Waals surface area contributed by atoms with Crippen LogP contribution in [0.4, 0.5) is 0 Å². The third-order valence-electron chi connectivity index (χ3n) is 6.61. The SMILES string of the molecule is Cc1ccc(C)c2c1CC=C2C[C@@H](c1ccccc1)P(c1ccccc1)c1ccccc1. The maximum absolute atomic E-state index is 2.49. The van der Waals surface area contributed by atoms with E-state index in [1.165, 1.54) is 44.0 Å². The van der Waals surface area contributed by atoms with Crippen LogP contribution in [0.25, 0.3) is 5.57 Å². The van der Waals surface area contributed by atoms with Crippen molar-refractivity contribution >= 4 is 24.1 Å². The highest BCUT2D eigenvalue weighted by Crippen LogP contribution is 2.54. The van der Waals surface area contributed by atoms with Crippen molar-refractivity contribution < 1.29 is 0 Å². The zero-order valence-corrected chi connectivity index (χ0v) is 19.7. The van der Waals surface area contributed by atoms with Crippen LogP contribution >= 0.6 is 7.92 Å². The van der Waals surface area contributed by atoms with Crippen LogP contribution in [-0.4, -0.2) is 0 Å². The van der Waals surface area contributed by atoms with Crippen LogP contribution in [0.2, 0.25) is 0 Å². The lowest BCUT2D eigenvalue weighted by atomic mass is 9.93. The summed E-state index contributed by atoms with van der Waals surface area (Å²) in [6, 6.07) is 38.0. The lowest BCUT2D eigenvalue weighted by molar-refractivity contribution is 0.975. The molecule has 1 atom stereocenters. The molecule has 158 valence electrons. The molecule has 0 radical (unpaired) electrons. The zero-order valence-electron chi connectivity index (χ0n) is 18.8. The first-order valence-corrected chi connectivity index (χ1v) is 12.9. The van der Waals surface area contributed by atoms with Crippen molar-refractivity contribution in [3.05, 3.63) is 137 Å². The molecule has 0 aromatic heterocycles. The van der Waals surface area contributed by atoms with E-state index >= 15 is 0 Å². The molecule has 0 saturated heterocycles. The summed E-state index contributed by atoms with van der Waals surface area (Å²) in [5, 5.41) is 2.89. The van der Waals surface area contributed by atoms with Crippen LogP contribution in [0.3, 0.4) is 0 Å². The molecule has 0 N–H and O–H groups in total. The first kappa shape index (κ1) is 20.9. The Kier molecular flexibility index (Phi) is 6.06. The van der Waals surface area contributed by atoms with Gasteiger partial charge in [0.15, 0.2) is 0 Å². The smallest absolute Gasteiger partial charge is 0.0162 e. The minimum atomic E-state index is -0.554. The van der Waals surface area contributed by atoms with Crippen molar-refractivity contribution in [2.75, 3.05) is 0 Å². The molecule has 4 aromatic carbocycles. The molecule has 4 aromatic rings. The summed E-state index contributed by atoms with van der Waals surface area (Å²) in [7, 11) is -0.554. The lowest BCUT2D eigenvalue weighted by Crippen LogP contribution is -2.17. The van der Waals surface area contributed by atoms with Crippen molar-refractivity contribution in [1.82, 2.24) is 0 Å². The molecule has 0 aliphatic heterocycles. The molecule has 0 spiro atoms. The standard InChI is InChI=1S/C31H29P/c1-23-18-19-24(2)31-26(20-21-29(23)31)22-30(25-12-6-3-7-13-25)32(27-14-8-4-9-15-27)28-16-10-5-11-17-28/h3-20,30H,21-22H2,1-2H3/t30-/m0/s1. The van der Waals surface area contributed by atoms with Crippen molar-refractivity contribution in [2.45, 2.75) is 32.3 Å². The van der Waals surface area contributed by atoms with Crippen LogP contribution in [0.5, 0.6) is 0 Å². The molecule has 32 heavy (non-hydrogen) atoms. The number of allylic oxidation sites excluding steroid dienone is 2. The first-order chi connectivity index (χ1) is 15.7. The summed E-state index contributed by atoms with van der Waals surface area (Å²) < 4.78 is 0. The average molecular weight is 433 g/mol. The molecule has 1 aliphatic carbocycles. The highest BCUT2D eigenvalue weighted by Gasteiger charge is 2.29. The third-order valence-corrected chi connectivity index (χ3v) is 9.42. The van der Waals surface area contributed by atoms with Crippen molar-refractivity contribution in [3.8, 4) is 0 Å². The Bertz CT molecular complexity index is 1180. The molecule has 1 aliphatic rings. The summed E-state index contributed by atoms with van der Waals surface area (Å²) in [6.45, 7) is 4.52. The fourth-order valence-electron chi connectivity index (χ4n) is 5.02. The second-order valence-electron chi connectivity index (χ2n) is 8.66. The van der Waals surface area contributed by atoms with Crippen LogP contribution in [-0.2, 0) is 6.42 Å².